The maximum absolute atomic E-state index is 12.8. The maximum atomic E-state index is 12.8. The van der Waals surface area contributed by atoms with E-state index in [2.05, 4.69) is 46.4 Å². The van der Waals surface area contributed by atoms with Crippen molar-refractivity contribution in [1.29, 1.82) is 0 Å². The maximum Gasteiger partial charge on any atom is 0.274 e. The van der Waals surface area contributed by atoms with Gasteiger partial charge in [-0.25, -0.2) is 31.9 Å². The molecule has 22 nitrogen and oxygen atoms in total. The Morgan fingerprint density at radius 1 is 0.500 bits per heavy atom. The molecule has 15 rings (SSSR count). The number of rotatable bonds is 11. The number of thiophene rings is 1. The molecule has 0 saturated carbocycles. The Balaban J connectivity index is 0.000000127. The number of carbonyl (C=O) groups excluding carboxylic acids is 6. The number of ether oxygens (including phenoxy) is 1. The van der Waals surface area contributed by atoms with Gasteiger partial charge < -0.3 is 28.9 Å². The van der Waals surface area contributed by atoms with Crippen molar-refractivity contribution in [3.63, 3.8) is 0 Å². The lowest BCUT2D eigenvalue weighted by atomic mass is 9.97. The molecule has 100 heavy (non-hydrogen) atoms. The predicted molar refractivity (Wildman–Crippen MR) is 383 cm³/mol. The highest BCUT2D eigenvalue weighted by Crippen LogP contribution is 2.41. The first-order valence-electron chi connectivity index (χ1n) is 31.3. The Kier molecular flexibility index (Phi) is 21.5. The quantitative estimate of drug-likeness (QED) is 0.0441. The van der Waals surface area contributed by atoms with Crippen LogP contribution in [0, 0.1) is 6.92 Å². The number of amides is 6. The minimum absolute atomic E-state index is 0.0353. The van der Waals surface area contributed by atoms with Crippen molar-refractivity contribution in [2.24, 2.45) is 7.05 Å². The molecule has 0 radical (unpaired) electrons. The Morgan fingerprint density at radius 2 is 0.980 bits per heavy atom. The van der Waals surface area contributed by atoms with Crippen molar-refractivity contribution in [1.82, 2.24) is 46.3 Å². The molecule has 0 saturated heterocycles. The summed E-state index contributed by atoms with van der Waals surface area (Å²) in [6.07, 6.45) is 3.51. The summed E-state index contributed by atoms with van der Waals surface area (Å²) < 4.78 is 8.32. The van der Waals surface area contributed by atoms with E-state index in [-0.39, 0.29) is 11.8 Å². The van der Waals surface area contributed by atoms with Gasteiger partial charge in [-0.3, -0.25) is 49.6 Å². The van der Waals surface area contributed by atoms with Crippen LogP contribution in [-0.4, -0.2) is 101 Å². The molecule has 7 aromatic carbocycles. The van der Waals surface area contributed by atoms with Gasteiger partial charge in [0.1, 0.15) is 11.4 Å². The summed E-state index contributed by atoms with van der Waals surface area (Å²) in [6, 6.07) is 46.0. The van der Waals surface area contributed by atoms with Crippen LogP contribution in [0.5, 0.6) is 5.75 Å². The van der Waals surface area contributed by atoms with Gasteiger partial charge in [-0.15, -0.1) is 34.0 Å². The first-order valence-corrected chi connectivity index (χ1v) is 34.7. The van der Waals surface area contributed by atoms with Gasteiger partial charge in [-0.1, -0.05) is 77.8 Å². The number of hydroxylamine groups is 4. The minimum atomic E-state index is -0.582. The number of fused-ring (bicyclic) bond motifs is 5. The number of halogens is 2. The average molecular weight is 1440 g/mol. The lowest BCUT2D eigenvalue weighted by Gasteiger charge is -2.28. The number of thiazole rings is 2. The second-order valence-corrected chi connectivity index (χ2v) is 27.4. The number of nitrogens with one attached hydrogen (secondary N) is 4. The summed E-state index contributed by atoms with van der Waals surface area (Å²) in [5, 5.41) is 43.7. The molecule has 4 aliphatic rings. The van der Waals surface area contributed by atoms with Crippen molar-refractivity contribution in [2.45, 2.75) is 59.0 Å². The number of hydrogen-bond acceptors (Lipinski definition) is 18. The average Bonchev–Trinajstić information content (AvgIpc) is 1.60. The van der Waals surface area contributed by atoms with Crippen LogP contribution in [0.2, 0.25) is 10.0 Å². The van der Waals surface area contributed by atoms with Gasteiger partial charge in [0.05, 0.1) is 28.9 Å². The zero-order valence-corrected chi connectivity index (χ0v) is 58.0. The number of carbonyl (C=O) groups is 6. The highest BCUT2D eigenvalue weighted by molar-refractivity contribution is 7.23. The molecule has 27 heteroatoms. The van der Waals surface area contributed by atoms with Gasteiger partial charge in [0.25, 0.3) is 35.4 Å². The van der Waals surface area contributed by atoms with Crippen molar-refractivity contribution < 1.29 is 54.3 Å². The zero-order valence-electron chi connectivity index (χ0n) is 54.0. The van der Waals surface area contributed by atoms with Crippen molar-refractivity contribution >= 4 is 113 Å². The third kappa shape index (κ3) is 15.3. The molecule has 0 atom stereocenters. The van der Waals surface area contributed by atoms with Crippen LogP contribution in [-0.2, 0) is 59.2 Å². The number of methoxy groups -OCH3 is 1. The summed E-state index contributed by atoms with van der Waals surface area (Å²) in [5.41, 5.74) is 22.0. The van der Waals surface area contributed by atoms with Crippen LogP contribution in [0.25, 0.3) is 31.9 Å². The predicted octanol–water partition coefficient (Wildman–Crippen LogP) is 13.1. The van der Waals surface area contributed by atoms with Crippen molar-refractivity contribution in [3.05, 3.63) is 262 Å². The summed E-state index contributed by atoms with van der Waals surface area (Å²) in [4.78, 5) is 90.2. The van der Waals surface area contributed by atoms with E-state index in [0.29, 0.717) is 75.5 Å². The van der Waals surface area contributed by atoms with E-state index >= 15 is 0 Å². The Morgan fingerprint density at radius 3 is 1.48 bits per heavy atom. The second-order valence-electron chi connectivity index (χ2n) is 23.8. The zero-order chi connectivity index (χ0) is 70.3. The molecule has 0 spiro atoms. The fourth-order valence-electron chi connectivity index (χ4n) is 12.3. The van der Waals surface area contributed by atoms with Crippen molar-refractivity contribution in [3.8, 4) is 27.6 Å². The van der Waals surface area contributed by atoms with Gasteiger partial charge in [0.2, 0.25) is 0 Å². The fourth-order valence-corrected chi connectivity index (χ4v) is 15.6. The molecule has 4 aromatic heterocycles. The number of aryl methyl sites for hydroxylation is 2. The van der Waals surface area contributed by atoms with E-state index < -0.39 is 23.6 Å². The molecular formula is C73H65Cl2N11O11S3. The molecule has 6 amide bonds. The molecule has 0 fully saturated rings. The van der Waals surface area contributed by atoms with Crippen molar-refractivity contribution in [2.75, 3.05) is 30.0 Å². The monoisotopic (exact) mass is 1440 g/mol. The van der Waals surface area contributed by atoms with E-state index in [4.69, 9.17) is 58.7 Å². The molecule has 510 valence electrons. The number of aromatic nitrogens is 3. The third-order valence-electron chi connectivity index (χ3n) is 17.6. The van der Waals surface area contributed by atoms with Crippen LogP contribution in [0.15, 0.2) is 169 Å². The first-order chi connectivity index (χ1) is 48.4. The number of nitrogens with zero attached hydrogens (tertiary/aromatic N) is 7. The summed E-state index contributed by atoms with van der Waals surface area (Å²) in [6.45, 7) is 7.20. The number of anilines is 2. The summed E-state index contributed by atoms with van der Waals surface area (Å²) >= 11 is 17.1. The summed E-state index contributed by atoms with van der Waals surface area (Å²) in [5.74, 6) is -1.88. The normalized spacial score (nSPS) is 13.2. The van der Waals surface area contributed by atoms with Gasteiger partial charge in [0, 0.05) is 119 Å². The molecule has 0 unspecified atom stereocenters. The van der Waals surface area contributed by atoms with Gasteiger partial charge in [-0.05, 0) is 172 Å². The lowest BCUT2D eigenvalue weighted by Crippen LogP contribution is -2.30. The SMILES string of the molecule is COc1cc(Cl)ccc1C(=O)N1Cc2ccc(C(=O)NO)cc2C1.Cc1c(-c2csc(N3CCc4cc(C(=O)NO)ccc4C3)n2)sc2ccccc12.Cn1cccc1C(=O)N1Cc2ccc(C(=O)NO)cc2C1.O=C(NO)c1ccc2c(c1)CCN(c1nc(-c3cccc(Cl)c3)cs1)C2. The minimum Gasteiger partial charge on any atom is -0.496 e. The molecule has 11 aromatic rings. The van der Waals surface area contributed by atoms with Gasteiger partial charge in [0.15, 0.2) is 10.3 Å². The molecular weight excluding hydrogens is 1370 g/mol. The van der Waals surface area contributed by atoms with Gasteiger partial charge in [-0.2, -0.15) is 0 Å². The Hall–Kier alpha value is -10.3. The molecule has 0 bridgehead atoms. The third-order valence-corrected chi connectivity index (χ3v) is 21.2. The van der Waals surface area contributed by atoms with E-state index in [1.165, 1.54) is 38.8 Å². The molecule has 8 N–H and O–H groups in total. The van der Waals surface area contributed by atoms with Crippen LogP contribution >= 0.6 is 57.2 Å². The molecule has 8 heterocycles. The number of benzene rings is 7. The van der Waals surface area contributed by atoms with E-state index in [9.17, 15) is 28.8 Å². The van der Waals surface area contributed by atoms with E-state index in [0.717, 1.165) is 99.6 Å². The molecule has 4 aliphatic heterocycles. The second kappa shape index (κ2) is 30.8. The Labute approximate surface area is 595 Å². The van der Waals surface area contributed by atoms with Crippen LogP contribution in [0.1, 0.15) is 112 Å². The number of hydrogen-bond donors (Lipinski definition) is 8. The largest absolute Gasteiger partial charge is 0.496 e. The lowest BCUT2D eigenvalue weighted by molar-refractivity contribution is 0.0702. The van der Waals surface area contributed by atoms with Gasteiger partial charge >= 0.3 is 0 Å². The Bertz CT molecular complexity index is 4960. The van der Waals surface area contributed by atoms with E-state index in [1.54, 1.807) is 137 Å². The smallest absolute Gasteiger partial charge is 0.274 e. The van der Waals surface area contributed by atoms with Crippen LogP contribution < -0.4 is 36.5 Å². The first kappa shape index (κ1) is 69.6. The van der Waals surface area contributed by atoms with Crippen LogP contribution in [0.4, 0.5) is 10.3 Å². The molecule has 0 aliphatic carbocycles. The topological polar surface area (TPSA) is 284 Å². The highest BCUT2D eigenvalue weighted by Gasteiger charge is 2.30. The van der Waals surface area contributed by atoms with Crippen LogP contribution in [0.3, 0.4) is 0 Å². The summed E-state index contributed by atoms with van der Waals surface area (Å²) in [7, 11) is 3.32. The van der Waals surface area contributed by atoms with E-state index in [1.807, 2.05) is 79.3 Å². The standard InChI is InChI=1S/C22H19N3O2S2.C19H16ClN3O2S.C17H15ClN2O4.C15H15N3O3/c1-13-17-4-2-3-5-19(17)29-20(13)18-12-28-22(23-18)25-9-8-14-10-15(21(26)24-27)6-7-16(14)11-25;20-16-3-1-2-13(9-16)17-11-26-19(21-17)23-7-6-12-8-14(18(24)22-25)4-5-15(12)10-23;1-24-15-7-13(18)4-5-14(15)17(22)20-8-11-3-2-10(16(21)19-23)6-12(11)9-20;1-17-6-2-3-13(17)15(20)18-8-11-5-4-10(14(19)16-21)7-12(11)9-18/h2-7,10,12,27H,8-9,11H2,1H3,(H,24,26);1-5,8-9,11,25H,6-7,10H2,(H,22,24);2-7,23H,8-9H2,1H3,(H,19,21);2-7,21H,8-9H2,1H3,(H,16,19). The highest BCUT2D eigenvalue weighted by atomic mass is 35.5. The fraction of sp³-hybridized carbons (Fsp3) is 0.178.